The average molecular weight is 308 g/mol. The molecule has 2 fully saturated rings. The van der Waals surface area contributed by atoms with E-state index >= 15 is 0 Å². The Balaban J connectivity index is 1.62. The van der Waals surface area contributed by atoms with Crippen molar-refractivity contribution in [3.63, 3.8) is 0 Å². The van der Waals surface area contributed by atoms with E-state index in [9.17, 15) is 0 Å². The highest BCUT2D eigenvalue weighted by Gasteiger charge is 2.17. The second-order valence-electron chi connectivity index (χ2n) is 5.73. The molecule has 2 saturated heterocycles. The van der Waals surface area contributed by atoms with Crippen LogP contribution in [0.15, 0.2) is 0 Å². The molecule has 0 spiro atoms. The van der Waals surface area contributed by atoms with Crippen LogP contribution >= 0.6 is 11.8 Å². The van der Waals surface area contributed by atoms with Crippen LogP contribution in [-0.4, -0.2) is 45.6 Å². The lowest BCUT2D eigenvalue weighted by Gasteiger charge is -2.27. The third-order valence-corrected chi connectivity index (χ3v) is 5.44. The molecule has 2 aliphatic rings. The van der Waals surface area contributed by atoms with Crippen LogP contribution in [0.1, 0.15) is 38.5 Å². The molecule has 1 aromatic rings. The number of nitrogens with one attached hydrogen (secondary N) is 1. The van der Waals surface area contributed by atoms with Crippen molar-refractivity contribution in [3.8, 4) is 0 Å². The highest BCUT2D eigenvalue weighted by Crippen LogP contribution is 2.25. The minimum atomic E-state index is 0.310. The summed E-state index contributed by atoms with van der Waals surface area (Å²) in [6, 6.07) is 0. The maximum absolute atomic E-state index is 5.84. The van der Waals surface area contributed by atoms with E-state index in [2.05, 4.69) is 25.2 Å². The quantitative estimate of drug-likeness (QED) is 0.882. The summed E-state index contributed by atoms with van der Waals surface area (Å²) in [5.41, 5.74) is 5.84. The summed E-state index contributed by atoms with van der Waals surface area (Å²) in [6.07, 6.45) is 7.65. The Morgan fingerprint density at radius 1 is 1.10 bits per heavy atom. The van der Waals surface area contributed by atoms with Gasteiger partial charge in [-0.05, 0) is 37.9 Å². The van der Waals surface area contributed by atoms with E-state index in [0.29, 0.717) is 17.1 Å². The number of piperidine rings is 1. The van der Waals surface area contributed by atoms with Crippen molar-refractivity contribution in [2.24, 2.45) is 0 Å². The molecule has 21 heavy (non-hydrogen) atoms. The Bertz CT molecular complexity index is 457. The Morgan fingerprint density at radius 2 is 1.95 bits per heavy atom. The van der Waals surface area contributed by atoms with E-state index in [4.69, 9.17) is 5.73 Å². The van der Waals surface area contributed by atoms with Crippen LogP contribution in [0, 0.1) is 0 Å². The lowest BCUT2D eigenvalue weighted by Crippen LogP contribution is -2.31. The number of nitrogens with zero attached hydrogens (tertiary/aromatic N) is 4. The molecule has 3 N–H and O–H groups in total. The van der Waals surface area contributed by atoms with Crippen LogP contribution in [0.25, 0.3) is 0 Å². The van der Waals surface area contributed by atoms with E-state index in [1.54, 1.807) is 0 Å². The number of nitrogens with two attached hydrogens (primary N) is 1. The Morgan fingerprint density at radius 3 is 2.71 bits per heavy atom. The van der Waals surface area contributed by atoms with Gasteiger partial charge >= 0.3 is 0 Å². The van der Waals surface area contributed by atoms with Gasteiger partial charge in [-0.1, -0.05) is 6.42 Å². The first-order valence-corrected chi connectivity index (χ1v) is 8.98. The molecule has 6 nitrogen and oxygen atoms in total. The zero-order valence-corrected chi connectivity index (χ0v) is 13.2. The number of hydrogen-bond donors (Lipinski definition) is 2. The van der Waals surface area contributed by atoms with Gasteiger partial charge in [0.2, 0.25) is 17.8 Å². The van der Waals surface area contributed by atoms with Crippen molar-refractivity contribution < 1.29 is 0 Å². The molecule has 0 aliphatic carbocycles. The van der Waals surface area contributed by atoms with Gasteiger partial charge in [-0.3, -0.25) is 0 Å². The molecule has 3 rings (SSSR count). The molecular formula is C14H24N6S. The van der Waals surface area contributed by atoms with Crippen molar-refractivity contribution in [2.45, 2.75) is 43.8 Å². The minimum absolute atomic E-state index is 0.310. The van der Waals surface area contributed by atoms with E-state index < -0.39 is 0 Å². The van der Waals surface area contributed by atoms with Crippen molar-refractivity contribution in [1.29, 1.82) is 0 Å². The topological polar surface area (TPSA) is 80.0 Å². The summed E-state index contributed by atoms with van der Waals surface area (Å²) in [5.74, 6) is 2.92. The second kappa shape index (κ2) is 7.15. The summed E-state index contributed by atoms with van der Waals surface area (Å²) >= 11 is 2.04. The van der Waals surface area contributed by atoms with E-state index in [0.717, 1.165) is 25.6 Å². The third kappa shape index (κ3) is 4.12. The van der Waals surface area contributed by atoms with Gasteiger partial charge in [0.25, 0.3) is 0 Å². The molecule has 1 unspecified atom stereocenters. The van der Waals surface area contributed by atoms with Crippen molar-refractivity contribution in [1.82, 2.24) is 15.0 Å². The first-order chi connectivity index (χ1) is 10.3. The number of anilines is 3. The fourth-order valence-electron chi connectivity index (χ4n) is 2.87. The largest absolute Gasteiger partial charge is 0.368 e. The van der Waals surface area contributed by atoms with Crippen LogP contribution < -0.4 is 16.0 Å². The van der Waals surface area contributed by atoms with E-state index in [1.807, 2.05) is 11.8 Å². The van der Waals surface area contributed by atoms with Crippen LogP contribution in [-0.2, 0) is 0 Å². The average Bonchev–Trinajstić information content (AvgIpc) is 2.54. The third-order valence-electron chi connectivity index (χ3n) is 4.04. The molecule has 7 heteroatoms. The van der Waals surface area contributed by atoms with E-state index in [-0.39, 0.29) is 0 Å². The molecule has 0 saturated carbocycles. The van der Waals surface area contributed by atoms with Crippen LogP contribution in [0.3, 0.4) is 0 Å². The van der Waals surface area contributed by atoms with Crippen LogP contribution in [0.2, 0.25) is 0 Å². The number of nitrogen functional groups attached to an aromatic ring is 1. The van der Waals surface area contributed by atoms with Gasteiger partial charge in [0.05, 0.1) is 0 Å². The normalized spacial score (nSPS) is 23.0. The standard InChI is InChI=1S/C14H24N6S/c15-12-17-13(16-10-11-6-2-5-9-21-11)19-14(18-12)20-7-3-1-4-8-20/h11H,1-10H2,(H3,15,16,17,18,19). The highest BCUT2D eigenvalue weighted by molar-refractivity contribution is 7.99. The molecular weight excluding hydrogens is 284 g/mol. The number of rotatable bonds is 4. The predicted octanol–water partition coefficient (Wildman–Crippen LogP) is 2.14. The SMILES string of the molecule is Nc1nc(NCC2CCCCS2)nc(N2CCCCC2)n1. The fourth-order valence-corrected chi connectivity index (χ4v) is 4.11. The molecule has 1 aromatic heterocycles. The lowest BCUT2D eigenvalue weighted by atomic mass is 10.1. The fraction of sp³-hybridized carbons (Fsp3) is 0.786. The monoisotopic (exact) mass is 308 g/mol. The van der Waals surface area contributed by atoms with Gasteiger partial charge in [0, 0.05) is 24.9 Å². The second-order valence-corrected chi connectivity index (χ2v) is 7.14. The number of thioether (sulfide) groups is 1. The Labute approximate surface area is 130 Å². The smallest absolute Gasteiger partial charge is 0.231 e. The Hall–Kier alpha value is -1.24. The van der Waals surface area contributed by atoms with Gasteiger partial charge in [-0.15, -0.1) is 0 Å². The Kier molecular flexibility index (Phi) is 5.00. The molecule has 2 aliphatic heterocycles. The zero-order chi connectivity index (χ0) is 14.5. The molecule has 0 radical (unpaired) electrons. The molecule has 1 atom stereocenters. The van der Waals surface area contributed by atoms with Crippen molar-refractivity contribution in [3.05, 3.63) is 0 Å². The molecule has 116 valence electrons. The molecule has 0 aromatic carbocycles. The van der Waals surface area contributed by atoms with Gasteiger partial charge in [0.1, 0.15) is 0 Å². The van der Waals surface area contributed by atoms with Gasteiger partial charge in [0.15, 0.2) is 0 Å². The van der Waals surface area contributed by atoms with Gasteiger partial charge in [-0.25, -0.2) is 0 Å². The van der Waals surface area contributed by atoms with Gasteiger partial charge in [-0.2, -0.15) is 26.7 Å². The van der Waals surface area contributed by atoms with Crippen LogP contribution in [0.5, 0.6) is 0 Å². The van der Waals surface area contributed by atoms with Gasteiger partial charge < -0.3 is 16.0 Å². The lowest BCUT2D eigenvalue weighted by molar-refractivity contribution is 0.568. The predicted molar refractivity (Wildman–Crippen MR) is 88.9 cm³/mol. The zero-order valence-electron chi connectivity index (χ0n) is 12.4. The first kappa shape index (κ1) is 14.7. The highest BCUT2D eigenvalue weighted by atomic mass is 32.2. The molecule has 3 heterocycles. The summed E-state index contributed by atoms with van der Waals surface area (Å²) in [6.45, 7) is 2.94. The minimum Gasteiger partial charge on any atom is -0.368 e. The molecule has 0 bridgehead atoms. The van der Waals surface area contributed by atoms with Crippen LogP contribution in [0.4, 0.5) is 17.8 Å². The van der Waals surface area contributed by atoms with E-state index in [1.165, 1.54) is 44.3 Å². The summed E-state index contributed by atoms with van der Waals surface area (Å²) in [5, 5.41) is 4.01. The van der Waals surface area contributed by atoms with Crippen molar-refractivity contribution >= 4 is 29.6 Å². The van der Waals surface area contributed by atoms with Crippen molar-refractivity contribution in [2.75, 3.05) is 41.3 Å². The summed E-state index contributed by atoms with van der Waals surface area (Å²) in [4.78, 5) is 15.3. The summed E-state index contributed by atoms with van der Waals surface area (Å²) < 4.78 is 0. The first-order valence-electron chi connectivity index (χ1n) is 7.93. The maximum Gasteiger partial charge on any atom is 0.231 e. The number of aromatic nitrogens is 3. The maximum atomic E-state index is 5.84. The number of hydrogen-bond acceptors (Lipinski definition) is 7. The molecule has 0 amide bonds. The summed E-state index contributed by atoms with van der Waals surface area (Å²) in [7, 11) is 0.